The van der Waals surface area contributed by atoms with E-state index in [1.807, 2.05) is 4.82 Å². The van der Waals surface area contributed by atoms with Crippen LogP contribution < -0.4 is 10.4 Å². The van der Waals surface area contributed by atoms with Crippen LogP contribution in [0.25, 0.3) is 0 Å². The molecule has 2 aromatic carbocycles. The summed E-state index contributed by atoms with van der Waals surface area (Å²) in [4.78, 5) is 1.89. The third kappa shape index (κ3) is 5.59. The van der Waals surface area contributed by atoms with Gasteiger partial charge in [-0.25, -0.2) is 0 Å². The van der Waals surface area contributed by atoms with Crippen molar-refractivity contribution in [3.8, 4) is 11.5 Å². The summed E-state index contributed by atoms with van der Waals surface area (Å²) in [6, 6.07) is 23.0. The van der Waals surface area contributed by atoms with Crippen molar-refractivity contribution in [3.63, 3.8) is 0 Å². The summed E-state index contributed by atoms with van der Waals surface area (Å²) in [7, 11) is -12.4. The van der Waals surface area contributed by atoms with Crippen LogP contribution >= 0.6 is 0 Å². The topological polar surface area (TPSA) is 9.23 Å². The van der Waals surface area contributed by atoms with Crippen LogP contribution in [-0.2, 0) is 4.43 Å². The van der Waals surface area contributed by atoms with E-state index in [1.165, 1.54) is 37.3 Å². The number of hydrogen-bond donors (Lipinski definition) is 0. The Morgan fingerprint density at radius 3 is 1.49 bits per heavy atom. The Morgan fingerprint density at radius 2 is 1.06 bits per heavy atom. The van der Waals surface area contributed by atoms with Gasteiger partial charge in [-0.15, -0.1) is 5.54 Å². The molecule has 1 heterocycles. The minimum absolute atomic E-state index is 0.176. The summed E-state index contributed by atoms with van der Waals surface area (Å²) >= 11 is 0. The van der Waals surface area contributed by atoms with Crippen molar-refractivity contribution >= 4 is 57.1 Å². The van der Waals surface area contributed by atoms with Crippen molar-refractivity contribution in [2.75, 3.05) is 0 Å². The van der Waals surface area contributed by atoms with E-state index < -0.39 is 46.8 Å². The molecule has 47 heavy (non-hydrogen) atoms. The molecule has 7 rings (SSSR count). The molecule has 0 amide bonds. The SMILES string of the molecule is C[Si](C)(C#CC1=C([Si](C)(C)c2ccccc2)[Si]([Si](C)(C)C)([Si](C)(C)C)OC1(C1C2CC3CC(C2)CC1C3)[Si](C)(C)C)c1ccccc1. The lowest BCUT2D eigenvalue weighted by Crippen LogP contribution is -2.79. The fourth-order valence-corrected chi connectivity index (χ4v) is 77.9. The first-order valence-corrected chi connectivity index (χ1v) is 39.2. The fourth-order valence-electron chi connectivity index (χ4n) is 11.8. The van der Waals surface area contributed by atoms with Crippen LogP contribution in [0.1, 0.15) is 32.1 Å². The van der Waals surface area contributed by atoms with Crippen molar-refractivity contribution in [3.05, 3.63) is 71.1 Å². The van der Waals surface area contributed by atoms with Gasteiger partial charge in [0.2, 0.25) is 0 Å². The summed E-state index contributed by atoms with van der Waals surface area (Å²) in [6.45, 7) is 34.8. The Hall–Kier alpha value is -0.999. The van der Waals surface area contributed by atoms with Gasteiger partial charge in [-0.2, -0.15) is 0 Å². The predicted octanol–water partition coefficient (Wildman–Crippen LogP) is 9.63. The molecule has 254 valence electrons. The molecule has 1 unspecified atom stereocenters. The lowest BCUT2D eigenvalue weighted by atomic mass is 9.50. The molecule has 2 aromatic rings. The zero-order chi connectivity index (χ0) is 34.4. The van der Waals surface area contributed by atoms with E-state index in [1.54, 1.807) is 10.8 Å². The summed E-state index contributed by atoms with van der Waals surface area (Å²) in [5.41, 5.74) is 5.81. The maximum atomic E-state index is 8.86. The second-order valence-electron chi connectivity index (χ2n) is 20.2. The van der Waals surface area contributed by atoms with Gasteiger partial charge in [0.25, 0.3) is 0 Å². The highest BCUT2D eigenvalue weighted by Crippen LogP contribution is 2.66. The van der Waals surface area contributed by atoms with Gasteiger partial charge in [0.15, 0.2) is 15.4 Å². The van der Waals surface area contributed by atoms with E-state index in [0.29, 0.717) is 5.92 Å². The van der Waals surface area contributed by atoms with Gasteiger partial charge in [-0.3, -0.25) is 0 Å². The smallest absolute Gasteiger partial charge is 0.191 e. The zero-order valence-electron chi connectivity index (χ0n) is 32.1. The third-order valence-electron chi connectivity index (χ3n) is 13.3. The van der Waals surface area contributed by atoms with Gasteiger partial charge in [0.05, 0.1) is 28.5 Å². The van der Waals surface area contributed by atoms with Crippen molar-refractivity contribution < 1.29 is 4.43 Å². The monoisotopic (exact) mass is 728 g/mol. The molecule has 1 nitrogen and oxygen atoms in total. The lowest BCUT2D eigenvalue weighted by molar-refractivity contribution is -0.0871. The van der Waals surface area contributed by atoms with Crippen LogP contribution in [-0.4, -0.2) is 52.0 Å². The maximum Gasteiger partial charge on any atom is 0.191 e. The molecule has 0 radical (unpaired) electrons. The average Bonchev–Trinajstić information content (AvgIpc) is 3.31. The molecule has 0 aromatic heterocycles. The van der Waals surface area contributed by atoms with Crippen LogP contribution in [0.15, 0.2) is 71.1 Å². The Kier molecular flexibility index (Phi) is 8.98. The first-order chi connectivity index (χ1) is 21.7. The highest BCUT2D eigenvalue weighted by atomic mass is 29.7. The molecular weight excluding hydrogens is 665 g/mol. The van der Waals surface area contributed by atoms with Crippen molar-refractivity contribution in [2.45, 2.75) is 122 Å². The third-order valence-corrected chi connectivity index (χ3v) is 60.8. The quantitative estimate of drug-likeness (QED) is 0.204. The van der Waals surface area contributed by atoms with Gasteiger partial charge in [0.1, 0.15) is 8.07 Å². The number of rotatable bonds is 7. The molecule has 5 aliphatic rings. The lowest BCUT2D eigenvalue weighted by Gasteiger charge is -2.63. The standard InChI is InChI=1S/C40H64OSi6/c1-42(2,3)40(38-33-27-31-26-32(29-33)30-34(38)28-31)37(24-25-45(10,11)35-20-16-14-17-21-35)39(46(12,13)36-22-18-15-19-23-36)47(41-40,43(4,5)6)44(7,8)9/h14-23,31-34,38H,26-30H2,1-13H3. The van der Waals surface area contributed by atoms with Crippen molar-refractivity contribution in [2.24, 2.45) is 29.6 Å². The molecule has 0 N–H and O–H groups in total. The highest BCUT2D eigenvalue weighted by Gasteiger charge is 2.75. The minimum Gasteiger partial charge on any atom is -0.411 e. The highest BCUT2D eigenvalue weighted by molar-refractivity contribution is 7.71. The van der Waals surface area contributed by atoms with E-state index in [0.717, 1.165) is 23.7 Å². The second kappa shape index (κ2) is 11.8. The second-order valence-corrected chi connectivity index (χ2v) is 60.1. The summed E-state index contributed by atoms with van der Waals surface area (Å²) in [5.74, 6) is 8.55. The Labute approximate surface area is 294 Å². The predicted molar refractivity (Wildman–Crippen MR) is 222 cm³/mol. The van der Waals surface area contributed by atoms with Crippen LogP contribution in [0.4, 0.5) is 0 Å². The molecule has 7 heteroatoms. The van der Waals surface area contributed by atoms with Crippen LogP contribution in [0.5, 0.6) is 0 Å². The first-order valence-electron chi connectivity index (χ1n) is 18.8. The normalized spacial score (nSPS) is 30.8. The van der Waals surface area contributed by atoms with E-state index in [4.69, 9.17) is 4.43 Å². The van der Waals surface area contributed by atoms with Crippen LogP contribution in [0.2, 0.25) is 85.1 Å². The minimum atomic E-state index is -2.44. The van der Waals surface area contributed by atoms with E-state index >= 15 is 0 Å². The van der Waals surface area contributed by atoms with Crippen molar-refractivity contribution in [1.82, 2.24) is 0 Å². The Balaban J connectivity index is 1.76. The molecule has 4 saturated carbocycles. The van der Waals surface area contributed by atoms with Gasteiger partial charge in [-0.05, 0) is 66.9 Å². The fraction of sp³-hybridized carbons (Fsp3) is 0.600. The van der Waals surface area contributed by atoms with Gasteiger partial charge in [-0.1, -0.05) is 162 Å². The van der Waals surface area contributed by atoms with Crippen molar-refractivity contribution in [1.29, 1.82) is 0 Å². The zero-order valence-corrected chi connectivity index (χ0v) is 38.1. The Bertz CT molecular complexity index is 1540. The Morgan fingerprint density at radius 1 is 0.617 bits per heavy atom. The summed E-state index contributed by atoms with van der Waals surface area (Å²) in [6.07, 6.45) is 7.29. The number of benzene rings is 2. The van der Waals surface area contributed by atoms with Gasteiger partial charge >= 0.3 is 0 Å². The van der Waals surface area contributed by atoms with E-state index in [9.17, 15) is 0 Å². The largest absolute Gasteiger partial charge is 0.411 e. The molecule has 0 saturated heterocycles. The molecule has 4 aliphatic carbocycles. The van der Waals surface area contributed by atoms with Crippen LogP contribution in [0.3, 0.4) is 0 Å². The average molecular weight is 729 g/mol. The molecule has 1 atom stereocenters. The number of hydrogen-bond acceptors (Lipinski definition) is 1. The molecule has 0 spiro atoms. The maximum absolute atomic E-state index is 8.86. The summed E-state index contributed by atoms with van der Waals surface area (Å²) in [5, 5.41) is 2.87. The van der Waals surface area contributed by atoms with Gasteiger partial charge < -0.3 is 4.43 Å². The summed E-state index contributed by atoms with van der Waals surface area (Å²) < 4.78 is 8.86. The molecule has 1 aliphatic heterocycles. The first kappa shape index (κ1) is 35.8. The van der Waals surface area contributed by atoms with Gasteiger partial charge in [0, 0.05) is 5.57 Å². The molecular formula is C40H64OSi6. The molecule has 4 fully saturated rings. The van der Waals surface area contributed by atoms with E-state index in [2.05, 4.69) is 157 Å². The van der Waals surface area contributed by atoms with Crippen LogP contribution in [0, 0.1) is 41.1 Å². The molecule has 4 bridgehead atoms. The van der Waals surface area contributed by atoms with E-state index in [-0.39, 0.29) is 5.22 Å².